The van der Waals surface area contributed by atoms with Crippen molar-refractivity contribution in [3.8, 4) is 11.3 Å². The van der Waals surface area contributed by atoms with Crippen molar-refractivity contribution in [3.63, 3.8) is 0 Å². The van der Waals surface area contributed by atoms with Gasteiger partial charge in [-0.25, -0.2) is 4.79 Å². The number of anilines is 2. The quantitative estimate of drug-likeness (QED) is 0.293. The summed E-state index contributed by atoms with van der Waals surface area (Å²) in [5.74, 6) is -0.623. The predicted octanol–water partition coefficient (Wildman–Crippen LogP) is 6.89. The summed E-state index contributed by atoms with van der Waals surface area (Å²) in [7, 11) is 3.50. The number of para-hydroxylation sites is 1. The molecule has 4 aromatic rings. The van der Waals surface area contributed by atoms with Crippen molar-refractivity contribution in [1.29, 1.82) is 0 Å². The van der Waals surface area contributed by atoms with Crippen molar-refractivity contribution < 1.29 is 14.7 Å². The standard InChI is InChI=1S/C31H33N3O3/c1-33(2)28(35)20-34-27-19-23(31(36)37)15-18-26(27)29(21-9-5-3-6-10-21)30(34)22-13-16-25(17-14-22)32-24-11-7-4-8-12-24/h4,7-8,11-19,21,32H,3,5-6,9-10,20H2,1-2H3,(H,36,37). The normalized spacial score (nSPS) is 14.0. The molecule has 6 nitrogen and oxygen atoms in total. The topological polar surface area (TPSA) is 74.6 Å². The number of hydrogen-bond acceptors (Lipinski definition) is 3. The van der Waals surface area contributed by atoms with Crippen LogP contribution in [0.3, 0.4) is 0 Å². The number of carboxylic acids is 1. The van der Waals surface area contributed by atoms with Crippen LogP contribution < -0.4 is 5.32 Å². The zero-order valence-corrected chi connectivity index (χ0v) is 21.4. The maximum atomic E-state index is 13.0. The molecule has 2 N–H and O–H groups in total. The molecule has 1 saturated carbocycles. The number of likely N-dealkylation sites (N-methyl/N-ethyl adjacent to an activating group) is 1. The fourth-order valence-electron chi connectivity index (χ4n) is 5.47. The number of carbonyl (C=O) groups is 2. The number of carbonyl (C=O) groups excluding carboxylic acids is 1. The molecule has 3 aromatic carbocycles. The molecule has 37 heavy (non-hydrogen) atoms. The van der Waals surface area contributed by atoms with Crippen molar-refractivity contribution in [2.75, 3.05) is 19.4 Å². The van der Waals surface area contributed by atoms with Crippen LogP contribution in [-0.2, 0) is 11.3 Å². The molecular weight excluding hydrogens is 462 g/mol. The Morgan fingerprint density at radius 3 is 2.24 bits per heavy atom. The van der Waals surface area contributed by atoms with Crippen molar-refractivity contribution in [2.45, 2.75) is 44.6 Å². The summed E-state index contributed by atoms with van der Waals surface area (Å²) in [5, 5.41) is 14.2. The van der Waals surface area contributed by atoms with Gasteiger partial charge < -0.3 is 19.9 Å². The Morgan fingerprint density at radius 2 is 1.59 bits per heavy atom. The molecule has 1 amide bonds. The maximum Gasteiger partial charge on any atom is 0.335 e. The molecule has 6 heteroatoms. The summed E-state index contributed by atoms with van der Waals surface area (Å²) >= 11 is 0. The highest BCUT2D eigenvalue weighted by Gasteiger charge is 2.28. The van der Waals surface area contributed by atoms with Crippen LogP contribution in [0.2, 0.25) is 0 Å². The molecule has 1 aliphatic rings. The molecule has 1 aliphatic carbocycles. The van der Waals surface area contributed by atoms with Crippen LogP contribution in [0.1, 0.15) is 53.9 Å². The third-order valence-electron chi connectivity index (χ3n) is 7.38. The second kappa shape index (κ2) is 10.5. The molecule has 0 atom stereocenters. The lowest BCUT2D eigenvalue weighted by Gasteiger charge is -2.24. The van der Waals surface area contributed by atoms with Gasteiger partial charge in [0.15, 0.2) is 0 Å². The van der Waals surface area contributed by atoms with E-state index < -0.39 is 5.97 Å². The first-order chi connectivity index (χ1) is 17.9. The summed E-state index contributed by atoms with van der Waals surface area (Å²) < 4.78 is 2.04. The molecule has 190 valence electrons. The average Bonchev–Trinajstić information content (AvgIpc) is 3.23. The first-order valence-corrected chi connectivity index (χ1v) is 12.9. The first-order valence-electron chi connectivity index (χ1n) is 12.9. The molecule has 0 bridgehead atoms. The van der Waals surface area contributed by atoms with E-state index in [0.29, 0.717) is 5.92 Å². The average molecular weight is 496 g/mol. The molecular formula is C31H33N3O3. The molecule has 5 rings (SSSR count). The van der Waals surface area contributed by atoms with Crippen molar-refractivity contribution >= 4 is 34.2 Å². The molecule has 0 aliphatic heterocycles. The second-order valence-corrected chi connectivity index (χ2v) is 10.1. The minimum Gasteiger partial charge on any atom is -0.478 e. The minimum absolute atomic E-state index is 0.0311. The van der Waals surface area contributed by atoms with Crippen LogP contribution in [0.5, 0.6) is 0 Å². The van der Waals surface area contributed by atoms with Crippen LogP contribution in [0.25, 0.3) is 22.2 Å². The molecule has 0 unspecified atom stereocenters. The van der Waals surface area contributed by atoms with Gasteiger partial charge in [-0.2, -0.15) is 0 Å². The van der Waals surface area contributed by atoms with E-state index in [1.165, 1.54) is 24.8 Å². The summed E-state index contributed by atoms with van der Waals surface area (Å²) in [5.41, 5.74) is 6.32. The van der Waals surface area contributed by atoms with Crippen LogP contribution in [0, 0.1) is 0 Å². The van der Waals surface area contributed by atoms with Gasteiger partial charge in [0.05, 0.1) is 16.8 Å². The largest absolute Gasteiger partial charge is 0.478 e. The smallest absolute Gasteiger partial charge is 0.335 e. The van der Waals surface area contributed by atoms with E-state index in [4.69, 9.17) is 0 Å². The molecule has 1 heterocycles. The van der Waals surface area contributed by atoms with E-state index in [1.54, 1.807) is 31.1 Å². The van der Waals surface area contributed by atoms with E-state index >= 15 is 0 Å². The van der Waals surface area contributed by atoms with Crippen LogP contribution in [0.4, 0.5) is 11.4 Å². The summed E-state index contributed by atoms with van der Waals surface area (Å²) in [6.07, 6.45) is 5.80. The van der Waals surface area contributed by atoms with Crippen LogP contribution in [-0.4, -0.2) is 40.5 Å². The number of hydrogen-bond donors (Lipinski definition) is 2. The van der Waals surface area contributed by atoms with E-state index in [0.717, 1.165) is 46.4 Å². The monoisotopic (exact) mass is 495 g/mol. The number of benzene rings is 3. The lowest BCUT2D eigenvalue weighted by atomic mass is 9.81. The van der Waals surface area contributed by atoms with Gasteiger partial charge in [-0.1, -0.05) is 55.7 Å². The molecule has 1 aromatic heterocycles. The fraction of sp³-hybridized carbons (Fsp3) is 0.290. The first kappa shape index (κ1) is 24.6. The number of rotatable bonds is 7. The van der Waals surface area contributed by atoms with Crippen molar-refractivity contribution in [2.24, 2.45) is 0 Å². The van der Waals surface area contributed by atoms with Crippen LogP contribution >= 0.6 is 0 Å². The van der Waals surface area contributed by atoms with Gasteiger partial charge in [-0.15, -0.1) is 0 Å². The lowest BCUT2D eigenvalue weighted by Crippen LogP contribution is -2.26. The van der Waals surface area contributed by atoms with Gasteiger partial charge in [-0.3, -0.25) is 4.79 Å². The number of aromatic nitrogens is 1. The zero-order valence-electron chi connectivity index (χ0n) is 21.4. The van der Waals surface area contributed by atoms with Gasteiger partial charge in [0.1, 0.15) is 6.54 Å². The van der Waals surface area contributed by atoms with Crippen molar-refractivity contribution in [1.82, 2.24) is 9.47 Å². The Bertz CT molecular complexity index is 1420. The lowest BCUT2D eigenvalue weighted by molar-refractivity contribution is -0.129. The predicted molar refractivity (Wildman–Crippen MR) is 149 cm³/mol. The Kier molecular flexibility index (Phi) is 6.99. The minimum atomic E-state index is -0.967. The summed E-state index contributed by atoms with van der Waals surface area (Å²) in [4.78, 5) is 26.4. The number of fused-ring (bicyclic) bond motifs is 1. The van der Waals surface area contributed by atoms with E-state index in [-0.39, 0.29) is 18.0 Å². The van der Waals surface area contributed by atoms with Gasteiger partial charge in [-0.05, 0) is 66.3 Å². The Hall–Kier alpha value is -4.06. The summed E-state index contributed by atoms with van der Waals surface area (Å²) in [6.45, 7) is 0.151. The van der Waals surface area contributed by atoms with E-state index in [1.807, 2.05) is 41.0 Å². The summed E-state index contributed by atoms with van der Waals surface area (Å²) in [6, 6.07) is 23.7. The fourth-order valence-corrected chi connectivity index (χ4v) is 5.47. The number of aromatic carboxylic acids is 1. The van der Waals surface area contributed by atoms with E-state index in [9.17, 15) is 14.7 Å². The molecule has 0 saturated heterocycles. The maximum absolute atomic E-state index is 13.0. The number of nitrogens with zero attached hydrogens (tertiary/aromatic N) is 2. The number of nitrogens with one attached hydrogen (secondary N) is 1. The molecule has 0 spiro atoms. The Morgan fingerprint density at radius 1 is 0.919 bits per heavy atom. The number of carboxylic acid groups (broad SMARTS) is 1. The van der Waals surface area contributed by atoms with Gasteiger partial charge in [0.2, 0.25) is 5.91 Å². The Labute approximate surface area is 217 Å². The molecule has 0 radical (unpaired) electrons. The van der Waals surface area contributed by atoms with Crippen LogP contribution in [0.15, 0.2) is 72.8 Å². The van der Waals surface area contributed by atoms with Gasteiger partial charge >= 0.3 is 5.97 Å². The molecule has 1 fully saturated rings. The van der Waals surface area contributed by atoms with Crippen molar-refractivity contribution in [3.05, 3.63) is 83.9 Å². The highest BCUT2D eigenvalue weighted by molar-refractivity contribution is 5.99. The second-order valence-electron chi connectivity index (χ2n) is 10.1. The van der Waals surface area contributed by atoms with E-state index in [2.05, 4.69) is 29.6 Å². The van der Waals surface area contributed by atoms with Gasteiger partial charge in [0.25, 0.3) is 0 Å². The Balaban J connectivity index is 1.68. The zero-order chi connectivity index (χ0) is 25.9. The third-order valence-corrected chi connectivity index (χ3v) is 7.38. The highest BCUT2D eigenvalue weighted by atomic mass is 16.4. The SMILES string of the molecule is CN(C)C(=O)Cn1c(-c2ccc(Nc3ccccc3)cc2)c(C2CCCCC2)c2ccc(C(=O)O)cc21. The van der Waals surface area contributed by atoms with Gasteiger partial charge in [0, 0.05) is 30.9 Å². The third kappa shape index (κ3) is 5.10. The highest BCUT2D eigenvalue weighted by Crippen LogP contribution is 2.44. The number of amides is 1.